The van der Waals surface area contributed by atoms with Gasteiger partial charge in [-0.15, -0.1) is 0 Å². The van der Waals surface area contributed by atoms with Crippen LogP contribution in [0.5, 0.6) is 5.75 Å². The summed E-state index contributed by atoms with van der Waals surface area (Å²) in [6, 6.07) is 16.9. The van der Waals surface area contributed by atoms with Crippen LogP contribution in [0.1, 0.15) is 52.8 Å². The topological polar surface area (TPSA) is 58.6 Å². The molecule has 1 fully saturated rings. The summed E-state index contributed by atoms with van der Waals surface area (Å²) in [7, 11) is 0. The van der Waals surface area contributed by atoms with Gasteiger partial charge in [0, 0.05) is 6.04 Å². The standard InChI is InChI=1S/C22H24N2O3/c25-21-18-13-7-8-14-19(18)22(26)24(21)15-20(23-16-9-3-1-4-10-16)27-17-11-5-2-6-12-17/h2,5-8,11-14,16,20,23H,1,3-4,9-10,15H2. The molecule has 2 aromatic rings. The highest BCUT2D eigenvalue weighted by Gasteiger charge is 2.37. The van der Waals surface area contributed by atoms with Crippen molar-refractivity contribution in [3.05, 3.63) is 65.7 Å². The van der Waals surface area contributed by atoms with Crippen molar-refractivity contribution in [2.75, 3.05) is 6.54 Å². The predicted molar refractivity (Wildman–Crippen MR) is 103 cm³/mol. The summed E-state index contributed by atoms with van der Waals surface area (Å²) in [5.41, 5.74) is 0.942. The number of para-hydroxylation sites is 1. The van der Waals surface area contributed by atoms with Gasteiger partial charge < -0.3 is 4.74 Å². The molecule has 27 heavy (non-hydrogen) atoms. The lowest BCUT2D eigenvalue weighted by Crippen LogP contribution is -2.50. The van der Waals surface area contributed by atoms with Crippen molar-refractivity contribution in [2.45, 2.75) is 44.4 Å². The first-order chi connectivity index (χ1) is 13.2. The zero-order valence-corrected chi connectivity index (χ0v) is 15.3. The second-order valence-corrected chi connectivity index (χ2v) is 7.19. The third-order valence-corrected chi connectivity index (χ3v) is 5.27. The molecule has 1 aliphatic carbocycles. The number of amides is 2. The molecule has 2 amide bonds. The molecule has 4 rings (SSSR count). The van der Waals surface area contributed by atoms with Gasteiger partial charge in [0.1, 0.15) is 5.75 Å². The van der Waals surface area contributed by atoms with Crippen LogP contribution in [-0.2, 0) is 0 Å². The monoisotopic (exact) mass is 364 g/mol. The minimum Gasteiger partial charge on any atom is -0.473 e. The highest BCUT2D eigenvalue weighted by molar-refractivity contribution is 6.21. The van der Waals surface area contributed by atoms with Crippen LogP contribution in [-0.4, -0.2) is 35.5 Å². The van der Waals surface area contributed by atoms with Crippen molar-refractivity contribution in [1.82, 2.24) is 10.2 Å². The molecule has 140 valence electrons. The zero-order valence-electron chi connectivity index (χ0n) is 15.3. The average molecular weight is 364 g/mol. The summed E-state index contributed by atoms with van der Waals surface area (Å²) in [4.78, 5) is 26.7. The lowest BCUT2D eigenvalue weighted by Gasteiger charge is -2.30. The molecule has 5 heteroatoms. The highest BCUT2D eigenvalue weighted by Crippen LogP contribution is 2.24. The third kappa shape index (κ3) is 3.88. The van der Waals surface area contributed by atoms with E-state index in [0.717, 1.165) is 18.6 Å². The fourth-order valence-electron chi connectivity index (χ4n) is 3.89. The number of fused-ring (bicyclic) bond motifs is 1. The Bertz CT molecular complexity index is 780. The van der Waals surface area contributed by atoms with Crippen molar-refractivity contribution in [3.63, 3.8) is 0 Å². The number of hydrogen-bond acceptors (Lipinski definition) is 4. The maximum absolute atomic E-state index is 12.7. The van der Waals surface area contributed by atoms with Gasteiger partial charge in [-0.2, -0.15) is 0 Å². The molecular formula is C22H24N2O3. The number of benzene rings is 2. The quantitative estimate of drug-likeness (QED) is 0.628. The van der Waals surface area contributed by atoms with Gasteiger partial charge >= 0.3 is 0 Å². The van der Waals surface area contributed by atoms with Crippen LogP contribution in [0.4, 0.5) is 0 Å². The van der Waals surface area contributed by atoms with Crippen LogP contribution in [0.2, 0.25) is 0 Å². The largest absolute Gasteiger partial charge is 0.473 e. The maximum atomic E-state index is 12.7. The summed E-state index contributed by atoms with van der Waals surface area (Å²) in [6.07, 6.45) is 5.41. The summed E-state index contributed by atoms with van der Waals surface area (Å²) in [6.45, 7) is 0.192. The maximum Gasteiger partial charge on any atom is 0.261 e. The average Bonchev–Trinajstić information content (AvgIpc) is 2.95. The van der Waals surface area contributed by atoms with E-state index in [1.54, 1.807) is 24.3 Å². The predicted octanol–water partition coefficient (Wildman–Crippen LogP) is 3.61. The van der Waals surface area contributed by atoms with Crippen LogP contribution < -0.4 is 10.1 Å². The molecule has 1 heterocycles. The normalized spacial score (nSPS) is 18.4. The van der Waals surface area contributed by atoms with Crippen LogP contribution in [0.15, 0.2) is 54.6 Å². The minimum absolute atomic E-state index is 0.192. The minimum atomic E-state index is -0.433. The SMILES string of the molecule is O=C1c2ccccc2C(=O)N1CC(NC1CCCCC1)Oc1ccccc1. The van der Waals surface area contributed by atoms with Crippen molar-refractivity contribution in [1.29, 1.82) is 0 Å². The van der Waals surface area contributed by atoms with Gasteiger partial charge in [0.05, 0.1) is 17.7 Å². The van der Waals surface area contributed by atoms with E-state index in [4.69, 9.17) is 4.74 Å². The smallest absolute Gasteiger partial charge is 0.261 e. The summed E-state index contributed by atoms with van der Waals surface area (Å²) in [5.74, 6) is 0.229. The Hall–Kier alpha value is -2.66. The fraction of sp³-hybridized carbons (Fsp3) is 0.364. The molecule has 5 nitrogen and oxygen atoms in total. The summed E-state index contributed by atoms with van der Waals surface area (Å²) >= 11 is 0. The van der Waals surface area contributed by atoms with Crippen LogP contribution in [0.3, 0.4) is 0 Å². The number of nitrogens with one attached hydrogen (secondary N) is 1. The number of carbonyl (C=O) groups is 2. The van der Waals surface area contributed by atoms with E-state index < -0.39 is 6.23 Å². The first-order valence-corrected chi connectivity index (χ1v) is 9.65. The van der Waals surface area contributed by atoms with E-state index >= 15 is 0 Å². The van der Waals surface area contributed by atoms with Gasteiger partial charge in [-0.05, 0) is 37.1 Å². The molecule has 0 spiro atoms. The number of ether oxygens (including phenoxy) is 1. The van der Waals surface area contributed by atoms with Crippen LogP contribution >= 0.6 is 0 Å². The number of hydrogen-bond donors (Lipinski definition) is 1. The molecule has 2 aromatic carbocycles. The van der Waals surface area contributed by atoms with Crippen molar-refractivity contribution >= 4 is 11.8 Å². The van der Waals surface area contributed by atoms with Crippen LogP contribution in [0.25, 0.3) is 0 Å². The second-order valence-electron chi connectivity index (χ2n) is 7.19. The Morgan fingerprint density at radius 3 is 2.11 bits per heavy atom. The van der Waals surface area contributed by atoms with Gasteiger partial charge in [0.25, 0.3) is 11.8 Å². The first-order valence-electron chi connectivity index (χ1n) is 9.65. The second kappa shape index (κ2) is 7.92. The molecular weight excluding hydrogens is 340 g/mol. The lowest BCUT2D eigenvalue weighted by atomic mass is 9.95. The van der Waals surface area contributed by atoms with Crippen molar-refractivity contribution in [3.8, 4) is 5.75 Å². The third-order valence-electron chi connectivity index (χ3n) is 5.27. The molecule has 1 saturated carbocycles. The fourth-order valence-corrected chi connectivity index (χ4v) is 3.89. The highest BCUT2D eigenvalue weighted by atomic mass is 16.5. The van der Waals surface area contributed by atoms with Crippen molar-refractivity contribution in [2.24, 2.45) is 0 Å². The number of imide groups is 1. The molecule has 1 unspecified atom stereocenters. The van der Waals surface area contributed by atoms with E-state index in [9.17, 15) is 9.59 Å². The van der Waals surface area contributed by atoms with Gasteiger partial charge in [-0.3, -0.25) is 19.8 Å². The Morgan fingerprint density at radius 2 is 1.48 bits per heavy atom. The van der Waals surface area contributed by atoms with E-state index in [-0.39, 0.29) is 18.4 Å². The molecule has 0 radical (unpaired) electrons. The molecule has 0 aromatic heterocycles. The Kier molecular flexibility index (Phi) is 5.21. The van der Waals surface area contributed by atoms with Crippen molar-refractivity contribution < 1.29 is 14.3 Å². The Morgan fingerprint density at radius 1 is 0.889 bits per heavy atom. The van der Waals surface area contributed by atoms with E-state index in [1.165, 1.54) is 24.2 Å². The zero-order chi connectivity index (χ0) is 18.6. The van der Waals surface area contributed by atoms with E-state index in [2.05, 4.69) is 5.32 Å². The summed E-state index contributed by atoms with van der Waals surface area (Å²) in [5, 5.41) is 3.53. The molecule has 1 N–H and O–H groups in total. The molecule has 0 bridgehead atoms. The van der Waals surface area contributed by atoms with Gasteiger partial charge in [0.2, 0.25) is 0 Å². The molecule has 1 aliphatic heterocycles. The summed E-state index contributed by atoms with van der Waals surface area (Å²) < 4.78 is 6.12. The van der Waals surface area contributed by atoms with Gasteiger partial charge in [0.15, 0.2) is 6.23 Å². The number of nitrogens with zero attached hydrogens (tertiary/aromatic N) is 1. The Labute approximate surface area is 159 Å². The lowest BCUT2D eigenvalue weighted by molar-refractivity contribution is 0.0506. The number of rotatable bonds is 6. The number of carbonyl (C=O) groups excluding carboxylic acids is 2. The molecule has 0 saturated heterocycles. The van der Waals surface area contributed by atoms with E-state index in [1.807, 2.05) is 30.3 Å². The molecule has 1 atom stereocenters. The van der Waals surface area contributed by atoms with Gasteiger partial charge in [-0.1, -0.05) is 49.6 Å². The first kappa shape index (κ1) is 17.7. The van der Waals surface area contributed by atoms with E-state index in [0.29, 0.717) is 17.2 Å². The Balaban J connectivity index is 1.51. The molecule has 2 aliphatic rings. The van der Waals surface area contributed by atoms with Crippen LogP contribution in [0, 0.1) is 0 Å². The van der Waals surface area contributed by atoms with Gasteiger partial charge in [-0.25, -0.2) is 0 Å².